The fraction of sp³-hybridized carbons (Fsp3) is 0.628. The Balaban J connectivity index is 1.99. The van der Waals surface area contributed by atoms with Gasteiger partial charge in [0.2, 0.25) is 112 Å². The van der Waals surface area contributed by atoms with Crippen molar-refractivity contribution >= 4 is 136 Å². The van der Waals surface area contributed by atoms with Crippen LogP contribution in [-0.4, -0.2) is 312 Å². The molecule has 53 heteroatoms. The van der Waals surface area contributed by atoms with Gasteiger partial charge < -0.3 is 161 Å². The molecular weight excluding hydrogens is 1930 g/mol. The Bertz CT molecular complexity index is 4820. The van der Waals surface area contributed by atoms with Crippen molar-refractivity contribution in [2.24, 2.45) is 63.8 Å². The van der Waals surface area contributed by atoms with Crippen LogP contribution in [0.3, 0.4) is 0 Å². The zero-order chi connectivity index (χ0) is 111. The van der Waals surface area contributed by atoms with Gasteiger partial charge in [-0.15, -0.1) is 0 Å². The van der Waals surface area contributed by atoms with Crippen LogP contribution in [0.25, 0.3) is 0 Å². The number of rotatable bonds is 71. The zero-order valence-electron chi connectivity index (χ0n) is 84.0. The van der Waals surface area contributed by atoms with Crippen molar-refractivity contribution in [1.82, 2.24) is 84.7 Å². The summed E-state index contributed by atoms with van der Waals surface area (Å²) in [7, 11) is 0. The van der Waals surface area contributed by atoms with Crippen LogP contribution in [0.4, 0.5) is 0 Å². The molecule has 0 spiro atoms. The molecule has 0 bridgehead atoms. The van der Waals surface area contributed by atoms with E-state index >= 15 is 0 Å². The Morgan fingerprint density at radius 1 is 0.354 bits per heavy atom. The molecule has 19 amide bonds. The zero-order valence-corrected chi connectivity index (χ0v) is 84.0. The highest BCUT2D eigenvalue weighted by Gasteiger charge is 2.44. The van der Waals surface area contributed by atoms with E-state index in [4.69, 9.17) is 40.1 Å². The van der Waals surface area contributed by atoms with Gasteiger partial charge in [0.15, 0.2) is 0 Å². The summed E-state index contributed by atoms with van der Waals surface area (Å²) in [4.78, 5) is 317. The maximum atomic E-state index is 15.0. The molecule has 0 radical (unpaired) electrons. The first-order valence-corrected chi connectivity index (χ1v) is 48.8. The number of benzene rings is 2. The summed E-state index contributed by atoms with van der Waals surface area (Å²) in [6.07, 6.45) is -6.79. The Labute approximate surface area is 849 Å². The maximum Gasteiger partial charge on any atom is 0.326 e. The molecule has 1 aliphatic rings. The fourth-order valence-electron chi connectivity index (χ4n) is 15.5. The van der Waals surface area contributed by atoms with Gasteiger partial charge in [-0.05, 0) is 181 Å². The summed E-state index contributed by atoms with van der Waals surface area (Å²) in [5.41, 5.74) is 39.9. The molecule has 2 aromatic rings. The number of carboxylic acids is 4. The number of carbonyl (C=O) groups is 23. The summed E-state index contributed by atoms with van der Waals surface area (Å²) in [6, 6.07) is -18.4. The van der Waals surface area contributed by atoms with Gasteiger partial charge >= 0.3 is 23.9 Å². The van der Waals surface area contributed by atoms with Crippen molar-refractivity contribution in [2.75, 3.05) is 32.8 Å². The first-order valence-electron chi connectivity index (χ1n) is 48.8. The van der Waals surface area contributed by atoms with E-state index in [1.165, 1.54) is 69.3 Å². The van der Waals surface area contributed by atoms with Crippen LogP contribution in [0.5, 0.6) is 11.5 Å². The summed E-state index contributed by atoms with van der Waals surface area (Å²) in [6.45, 7) is 11.5. The van der Waals surface area contributed by atoms with E-state index in [1.54, 1.807) is 34.6 Å². The van der Waals surface area contributed by atoms with E-state index in [-0.39, 0.29) is 145 Å². The van der Waals surface area contributed by atoms with E-state index in [0.717, 1.165) is 4.90 Å². The Morgan fingerprint density at radius 3 is 1.09 bits per heavy atom. The quantitative estimate of drug-likeness (QED) is 0.0274. The van der Waals surface area contributed by atoms with Gasteiger partial charge in [0.1, 0.15) is 108 Å². The topological polar surface area (TPSA) is 900 Å². The maximum absolute atomic E-state index is 15.0. The number of phenolic OH excluding ortho intramolecular Hbond substituents is 2. The molecule has 1 heterocycles. The smallest absolute Gasteiger partial charge is 0.326 e. The molecule has 3 rings (SSSR count). The highest BCUT2D eigenvalue weighted by Crippen LogP contribution is 2.24. The third-order valence-electron chi connectivity index (χ3n) is 23.8. The molecule has 1 aliphatic heterocycles. The van der Waals surface area contributed by atoms with Gasteiger partial charge in [-0.25, -0.2) is 4.79 Å². The van der Waals surface area contributed by atoms with E-state index in [1.807, 2.05) is 0 Å². The Hall–Kier alpha value is -14.3. The molecule has 1 saturated heterocycles. The van der Waals surface area contributed by atoms with Crippen molar-refractivity contribution in [1.29, 1.82) is 0 Å². The second-order valence-corrected chi connectivity index (χ2v) is 37.4. The highest BCUT2D eigenvalue weighted by atomic mass is 16.4. The summed E-state index contributed by atoms with van der Waals surface area (Å²) < 4.78 is 0. The monoisotopic (exact) mass is 2080 g/mol. The number of phenols is 2. The first-order chi connectivity index (χ1) is 69.2. The molecular formula is C94H149N23O30. The van der Waals surface area contributed by atoms with Crippen LogP contribution in [0.15, 0.2) is 48.5 Å². The Morgan fingerprint density at radius 2 is 0.687 bits per heavy atom. The predicted molar refractivity (Wildman–Crippen MR) is 524 cm³/mol. The number of carboxylic acid groups (broad SMARTS) is 4. The lowest BCUT2D eigenvalue weighted by Crippen LogP contribution is -2.62. The molecule has 36 N–H and O–H groups in total. The van der Waals surface area contributed by atoms with Gasteiger partial charge in [0.25, 0.3) is 0 Å². The number of nitrogens with two attached hydrogens (primary N) is 7. The van der Waals surface area contributed by atoms with Gasteiger partial charge in [0.05, 0.1) is 31.9 Å². The molecule has 0 aliphatic carbocycles. The number of aliphatic carboxylic acids is 4. The third-order valence-corrected chi connectivity index (χ3v) is 23.8. The number of unbranched alkanes of at least 4 members (excludes halogenated alkanes) is 3. The number of amides is 19. The lowest BCUT2D eigenvalue weighted by atomic mass is 9.96. The lowest BCUT2D eigenvalue weighted by Gasteiger charge is -2.31. The number of likely N-dealkylation sites (tertiary alicyclic amines) is 1. The van der Waals surface area contributed by atoms with E-state index in [2.05, 4.69) is 79.8 Å². The number of nitrogens with one attached hydrogen (secondary N) is 15. The molecule has 2 aromatic carbocycles. The normalized spacial score (nSPS) is 15.7. The fourth-order valence-corrected chi connectivity index (χ4v) is 15.5. The van der Waals surface area contributed by atoms with E-state index in [0.29, 0.717) is 18.4 Å². The van der Waals surface area contributed by atoms with Crippen LogP contribution in [0.1, 0.15) is 214 Å². The minimum absolute atomic E-state index is 0.0310. The first kappa shape index (κ1) is 127. The van der Waals surface area contributed by atoms with Gasteiger partial charge in [-0.1, -0.05) is 86.1 Å². The second kappa shape index (κ2) is 65.2. The second-order valence-electron chi connectivity index (χ2n) is 37.4. The van der Waals surface area contributed by atoms with E-state index in [9.17, 15) is 146 Å². The highest BCUT2D eigenvalue weighted by molar-refractivity contribution is 6.03. The van der Waals surface area contributed by atoms with Gasteiger partial charge in [0, 0.05) is 38.6 Å². The molecule has 53 nitrogen and oxygen atoms in total. The van der Waals surface area contributed by atoms with Crippen molar-refractivity contribution in [3.63, 3.8) is 0 Å². The molecule has 147 heavy (non-hydrogen) atoms. The Kier molecular flexibility index (Phi) is 56.2. The minimum Gasteiger partial charge on any atom is -0.508 e. The average Bonchev–Trinajstić information content (AvgIpc) is 1.70. The number of primary amides is 3. The molecule has 0 saturated carbocycles. The van der Waals surface area contributed by atoms with Crippen LogP contribution in [0.2, 0.25) is 0 Å². The van der Waals surface area contributed by atoms with Gasteiger partial charge in [-0.2, -0.15) is 0 Å². The molecule has 1 fully saturated rings. The van der Waals surface area contributed by atoms with Crippen LogP contribution >= 0.6 is 0 Å². The van der Waals surface area contributed by atoms with Crippen molar-refractivity contribution in [3.05, 3.63) is 59.7 Å². The van der Waals surface area contributed by atoms with Crippen molar-refractivity contribution in [2.45, 2.75) is 319 Å². The van der Waals surface area contributed by atoms with Gasteiger partial charge in [-0.3, -0.25) is 105 Å². The minimum atomic E-state index is -2.06. The number of aliphatic hydroxyl groups is 1. The number of hydrogen-bond donors (Lipinski definition) is 29. The molecule has 0 unspecified atom stereocenters. The summed E-state index contributed by atoms with van der Waals surface area (Å²) >= 11 is 0. The molecule has 18 atom stereocenters. The number of aliphatic hydroxyl groups excluding tert-OH is 1. The predicted octanol–water partition coefficient (Wildman–Crippen LogP) is -7.05. The lowest BCUT2D eigenvalue weighted by molar-refractivity contribution is -0.144. The number of carbonyl (C=O) groups excluding carboxylic acids is 19. The molecule has 820 valence electrons. The average molecular weight is 2080 g/mol. The van der Waals surface area contributed by atoms with Crippen molar-refractivity contribution < 1.29 is 146 Å². The van der Waals surface area contributed by atoms with Crippen molar-refractivity contribution in [3.8, 4) is 11.5 Å². The summed E-state index contributed by atoms with van der Waals surface area (Å²) in [5.74, 6) is -30.0. The number of aromatic hydroxyl groups is 2. The van der Waals surface area contributed by atoms with E-state index < -0.39 is 315 Å². The third kappa shape index (κ3) is 46.7. The summed E-state index contributed by atoms with van der Waals surface area (Å²) in [5, 5.41) is 107. The van der Waals surface area contributed by atoms with Crippen LogP contribution in [0, 0.1) is 23.7 Å². The van der Waals surface area contributed by atoms with Crippen LogP contribution < -0.4 is 120 Å². The number of hydrogen-bond acceptors (Lipinski definition) is 30. The molecule has 0 aromatic heterocycles. The SMILES string of the molecule is CC[C@H](C)[C@H](NC(=O)[C@H](CCC(=O)O)NC(=O)[C@H](CO)NC(=O)[C@H](CC(C)C)NC(=O)[C@H](CC(=O)O)NC(=O)[C@@H]1CCCN1C(=O)[C@H](Cc1ccc(O)cc1)NC(=O)[C@H](CC(C)C)NC(=O)[C@H](CC(N)=O)NC(=O)[C@@H](N)CCC(N)=O)C(=O)N[C@@H](CCCCN)C(=O)N[C@@H](CCCCN)C(=O)N[C@@H](CCC(=O)O)C(=O)N[C@@H](Cc1ccc(O)cc1)C(=O)N[C@@H](CC(N)=O)C(=O)N[C@H](C(=O)N[C@@H](CCCCN)C(=O)O)C(C)C. The number of nitrogens with zero attached hydrogens (tertiary/aromatic N) is 1. The van der Waals surface area contributed by atoms with Crippen LogP contribution in [-0.2, 0) is 123 Å². The standard InChI is InChI=1S/C94H149N23O30/c1-9-50(8)77(92(144)105-57(18-11-14-36-96)80(132)102-56(17-10-13-35-95)79(131)103-58(30-33-73(124)125)81(133)110-63(41-51-21-25-53(119)26-22-51)85(137)111-65(44-72(101)123)88(140)115-76(49(6)7)91(143)106-60(94(146)147)19-12-15-37-97)116-82(134)59(31-34-74(126)127)104-89(141)68(46-118)114-84(136)62(40-48(4)5)109-87(139)66(45-75(128)129)112-90(142)69-20-16-38-117(69)93(145)67(42-52-23-27-54(120)28-24-52)113-83(135)61(39-47(2)3)108-86(138)64(43-71(100)122)107-78(130)55(98)29-32-70(99)121/h21-28,47-50,55-69,76-77,118-120H,9-20,29-46,95-98H2,1-8H3,(H2,99,121)(H2,100,122)(H2,101,123)(H,102,132)(H,103,131)(H,104,141)(H,105,144)(H,106,143)(H,107,130)(H,108,138)(H,109,139)(H,110,133)(H,111,137)(H,112,142)(H,113,135)(H,114,136)(H,115,140)(H,116,134)(H,124,125)(H,126,127)(H,128,129)(H,146,147)/t50-,55-,56-,57-,58-,59-,60-,61-,62-,63-,64-,65-,66-,67-,68-,69-,76-,77-/m0/s1. The largest absolute Gasteiger partial charge is 0.508 e.